The zero-order valence-electron chi connectivity index (χ0n) is 15.6. The highest BCUT2D eigenvalue weighted by Crippen LogP contribution is 2.38. The fraction of sp³-hybridized carbons (Fsp3) is 0.632. The predicted molar refractivity (Wildman–Crippen MR) is 98.0 cm³/mol. The summed E-state index contributed by atoms with van der Waals surface area (Å²) in [6.45, 7) is 4.06. The number of hydrogen-bond acceptors (Lipinski definition) is 5. The molecular weight excluding hydrogens is 320 g/mol. The van der Waals surface area contributed by atoms with Gasteiger partial charge in [0, 0.05) is 12.1 Å². The second-order valence-corrected chi connectivity index (χ2v) is 6.28. The van der Waals surface area contributed by atoms with Crippen LogP contribution in [0.1, 0.15) is 42.5 Å². The van der Waals surface area contributed by atoms with Crippen LogP contribution in [0.5, 0.6) is 17.2 Å². The van der Waals surface area contributed by atoms with Crippen LogP contribution >= 0.6 is 0 Å². The van der Waals surface area contributed by atoms with Crippen molar-refractivity contribution < 1.29 is 19.0 Å². The predicted octanol–water partition coefficient (Wildman–Crippen LogP) is 2.71. The summed E-state index contributed by atoms with van der Waals surface area (Å²) in [5.74, 6) is 1.32. The fourth-order valence-corrected chi connectivity index (χ4v) is 3.18. The molecule has 0 radical (unpaired) electrons. The molecule has 6 nitrogen and oxygen atoms in total. The lowest BCUT2D eigenvalue weighted by Crippen LogP contribution is -2.30. The molecule has 0 bridgehead atoms. The average Bonchev–Trinajstić information content (AvgIpc) is 2.92. The molecule has 6 heteroatoms. The van der Waals surface area contributed by atoms with Gasteiger partial charge in [-0.25, -0.2) is 0 Å². The Hall–Kier alpha value is -1.95. The van der Waals surface area contributed by atoms with Crippen LogP contribution in [-0.2, 0) is 0 Å². The lowest BCUT2D eigenvalue weighted by atomic mass is 10.1. The summed E-state index contributed by atoms with van der Waals surface area (Å²) in [6.07, 6.45) is 6.22. The van der Waals surface area contributed by atoms with E-state index in [0.29, 0.717) is 29.4 Å². The van der Waals surface area contributed by atoms with E-state index in [1.54, 1.807) is 33.5 Å². The van der Waals surface area contributed by atoms with E-state index in [1.165, 1.54) is 38.8 Å². The summed E-state index contributed by atoms with van der Waals surface area (Å²) < 4.78 is 15.9. The van der Waals surface area contributed by atoms with Crippen LogP contribution in [0.25, 0.3) is 0 Å². The first kappa shape index (κ1) is 19.4. The molecule has 0 saturated carbocycles. The van der Waals surface area contributed by atoms with E-state index in [-0.39, 0.29) is 5.91 Å². The van der Waals surface area contributed by atoms with E-state index in [2.05, 4.69) is 10.2 Å². The number of methoxy groups -OCH3 is 3. The zero-order chi connectivity index (χ0) is 18.1. The largest absolute Gasteiger partial charge is 0.493 e. The van der Waals surface area contributed by atoms with Crippen LogP contribution in [0.3, 0.4) is 0 Å². The molecule has 1 N–H and O–H groups in total. The molecule has 140 valence electrons. The van der Waals surface area contributed by atoms with Gasteiger partial charge >= 0.3 is 0 Å². The molecule has 1 aliphatic heterocycles. The second kappa shape index (κ2) is 10.1. The van der Waals surface area contributed by atoms with Crippen LogP contribution < -0.4 is 19.5 Å². The van der Waals surface area contributed by atoms with Gasteiger partial charge in [-0.1, -0.05) is 12.8 Å². The average molecular weight is 350 g/mol. The van der Waals surface area contributed by atoms with Crippen molar-refractivity contribution in [2.45, 2.75) is 32.1 Å². The van der Waals surface area contributed by atoms with Gasteiger partial charge in [-0.05, 0) is 51.0 Å². The zero-order valence-corrected chi connectivity index (χ0v) is 15.6. The van der Waals surface area contributed by atoms with Crippen molar-refractivity contribution in [3.05, 3.63) is 17.7 Å². The molecule has 0 unspecified atom stereocenters. The van der Waals surface area contributed by atoms with E-state index in [9.17, 15) is 4.79 Å². The summed E-state index contributed by atoms with van der Waals surface area (Å²) in [5, 5.41) is 2.98. The molecule has 0 spiro atoms. The summed E-state index contributed by atoms with van der Waals surface area (Å²) in [6, 6.07) is 3.34. The Balaban J connectivity index is 1.87. The maximum atomic E-state index is 12.4. The van der Waals surface area contributed by atoms with Crippen molar-refractivity contribution in [2.24, 2.45) is 0 Å². The molecule has 1 saturated heterocycles. The second-order valence-electron chi connectivity index (χ2n) is 6.28. The first-order valence-electron chi connectivity index (χ1n) is 9.00. The first-order chi connectivity index (χ1) is 12.2. The Bertz CT molecular complexity index is 529. The van der Waals surface area contributed by atoms with Crippen molar-refractivity contribution in [1.29, 1.82) is 0 Å². The topological polar surface area (TPSA) is 60.0 Å². The molecule has 25 heavy (non-hydrogen) atoms. The Labute approximate surface area is 150 Å². The number of carbonyl (C=O) groups excluding carboxylic acids is 1. The van der Waals surface area contributed by atoms with Crippen LogP contribution in [0.2, 0.25) is 0 Å². The highest BCUT2D eigenvalue weighted by atomic mass is 16.5. The van der Waals surface area contributed by atoms with Crippen molar-refractivity contribution in [1.82, 2.24) is 10.2 Å². The van der Waals surface area contributed by atoms with E-state index in [4.69, 9.17) is 14.2 Å². The third-order valence-corrected chi connectivity index (χ3v) is 4.56. The van der Waals surface area contributed by atoms with Gasteiger partial charge < -0.3 is 24.4 Å². The molecular formula is C19H30N2O4. The number of nitrogens with one attached hydrogen (secondary N) is 1. The summed E-state index contributed by atoms with van der Waals surface area (Å²) >= 11 is 0. The molecule has 1 amide bonds. The molecule has 1 aromatic carbocycles. The Kier molecular flexibility index (Phi) is 7.85. The van der Waals surface area contributed by atoms with Crippen LogP contribution in [0.15, 0.2) is 12.1 Å². The smallest absolute Gasteiger partial charge is 0.251 e. The Morgan fingerprint density at radius 1 is 1.00 bits per heavy atom. The Morgan fingerprint density at radius 3 is 2.12 bits per heavy atom. The first-order valence-corrected chi connectivity index (χ1v) is 9.00. The van der Waals surface area contributed by atoms with Gasteiger partial charge in [0.15, 0.2) is 11.5 Å². The molecule has 0 aliphatic carbocycles. The maximum Gasteiger partial charge on any atom is 0.251 e. The van der Waals surface area contributed by atoms with E-state index >= 15 is 0 Å². The standard InChI is InChI=1S/C19H30N2O4/c1-23-16-13-15(14-17(24-2)18(16)25-3)19(22)20-9-8-12-21-10-6-4-5-7-11-21/h13-14H,4-12H2,1-3H3,(H,20,22). The molecule has 0 aromatic heterocycles. The van der Waals surface area contributed by atoms with Crippen LogP contribution in [0.4, 0.5) is 0 Å². The molecule has 1 aromatic rings. The number of ether oxygens (including phenoxy) is 3. The quantitative estimate of drug-likeness (QED) is 0.731. The summed E-state index contributed by atoms with van der Waals surface area (Å²) in [4.78, 5) is 14.9. The van der Waals surface area contributed by atoms with E-state index in [0.717, 1.165) is 13.0 Å². The fourth-order valence-electron chi connectivity index (χ4n) is 3.18. The molecule has 1 fully saturated rings. The molecule has 1 heterocycles. The summed E-state index contributed by atoms with van der Waals surface area (Å²) in [7, 11) is 4.63. The van der Waals surface area contributed by atoms with Gasteiger partial charge in [0.1, 0.15) is 0 Å². The van der Waals surface area contributed by atoms with Gasteiger partial charge in [-0.15, -0.1) is 0 Å². The van der Waals surface area contributed by atoms with Crippen LogP contribution in [0, 0.1) is 0 Å². The number of rotatable bonds is 8. The highest BCUT2D eigenvalue weighted by molar-refractivity contribution is 5.95. The van der Waals surface area contributed by atoms with Gasteiger partial charge in [0.2, 0.25) is 5.75 Å². The minimum atomic E-state index is -0.130. The van der Waals surface area contributed by atoms with Gasteiger partial charge in [-0.3, -0.25) is 4.79 Å². The minimum absolute atomic E-state index is 0.130. The van der Waals surface area contributed by atoms with Crippen molar-refractivity contribution >= 4 is 5.91 Å². The number of likely N-dealkylation sites (tertiary alicyclic amines) is 1. The number of hydrogen-bond donors (Lipinski definition) is 1. The molecule has 0 atom stereocenters. The third kappa shape index (κ3) is 5.53. The van der Waals surface area contributed by atoms with Crippen LogP contribution in [-0.4, -0.2) is 58.3 Å². The van der Waals surface area contributed by atoms with Crippen molar-refractivity contribution in [2.75, 3.05) is 47.5 Å². The van der Waals surface area contributed by atoms with Gasteiger partial charge in [-0.2, -0.15) is 0 Å². The normalized spacial score (nSPS) is 15.3. The van der Waals surface area contributed by atoms with Gasteiger partial charge in [0.05, 0.1) is 21.3 Å². The summed E-state index contributed by atoms with van der Waals surface area (Å²) in [5.41, 5.74) is 0.504. The minimum Gasteiger partial charge on any atom is -0.493 e. The lowest BCUT2D eigenvalue weighted by molar-refractivity contribution is 0.0951. The van der Waals surface area contributed by atoms with Crippen molar-refractivity contribution in [3.8, 4) is 17.2 Å². The number of amides is 1. The van der Waals surface area contributed by atoms with E-state index < -0.39 is 0 Å². The third-order valence-electron chi connectivity index (χ3n) is 4.56. The molecule has 1 aliphatic rings. The highest BCUT2D eigenvalue weighted by Gasteiger charge is 2.17. The SMILES string of the molecule is COc1cc(C(=O)NCCCN2CCCCCC2)cc(OC)c1OC. The number of benzene rings is 1. The van der Waals surface area contributed by atoms with Gasteiger partial charge in [0.25, 0.3) is 5.91 Å². The lowest BCUT2D eigenvalue weighted by Gasteiger charge is -2.19. The van der Waals surface area contributed by atoms with Crippen molar-refractivity contribution in [3.63, 3.8) is 0 Å². The maximum absolute atomic E-state index is 12.4. The molecule has 2 rings (SSSR count). The van der Waals surface area contributed by atoms with E-state index in [1.807, 2.05) is 0 Å². The number of carbonyl (C=O) groups is 1. The monoisotopic (exact) mass is 350 g/mol. The Morgan fingerprint density at radius 2 is 1.60 bits per heavy atom. The number of nitrogens with zero attached hydrogens (tertiary/aromatic N) is 1.